The van der Waals surface area contributed by atoms with Crippen LogP contribution in [0.3, 0.4) is 0 Å². The van der Waals surface area contributed by atoms with Crippen LogP contribution >= 0.6 is 0 Å². The normalized spacial score (nSPS) is 26.0. The molecule has 0 aromatic rings. The molecule has 0 radical (unpaired) electrons. The standard InChI is InChI=1S/C15H26/c1-7-14(3,4)11-10-13-9-8-12(2)15(13,5)6/h8,10-11,13H,7,9H2,1-6H3/b11-10+. The minimum absolute atomic E-state index is 0.354. The van der Waals surface area contributed by atoms with E-state index in [1.165, 1.54) is 12.8 Å². The maximum absolute atomic E-state index is 2.44. The maximum atomic E-state index is 2.44. The molecule has 0 aromatic heterocycles. The second-order valence-electron chi connectivity index (χ2n) is 6.15. The lowest BCUT2D eigenvalue weighted by Gasteiger charge is -2.28. The maximum Gasteiger partial charge on any atom is -0.00817 e. The van der Waals surface area contributed by atoms with Crippen molar-refractivity contribution in [3.8, 4) is 0 Å². The monoisotopic (exact) mass is 206 g/mol. The fourth-order valence-corrected chi connectivity index (χ4v) is 1.97. The third kappa shape index (κ3) is 2.74. The summed E-state index contributed by atoms with van der Waals surface area (Å²) in [6.07, 6.45) is 9.68. The van der Waals surface area contributed by atoms with Gasteiger partial charge in [-0.1, -0.05) is 58.4 Å². The third-order valence-electron chi connectivity index (χ3n) is 4.31. The Morgan fingerprint density at radius 1 is 1.47 bits per heavy atom. The van der Waals surface area contributed by atoms with Crippen molar-refractivity contribution < 1.29 is 0 Å². The first kappa shape index (κ1) is 12.5. The summed E-state index contributed by atoms with van der Waals surface area (Å²) in [4.78, 5) is 0. The van der Waals surface area contributed by atoms with Gasteiger partial charge >= 0.3 is 0 Å². The molecule has 0 aliphatic heterocycles. The zero-order valence-corrected chi connectivity index (χ0v) is 11.2. The first-order chi connectivity index (χ1) is 6.79. The summed E-state index contributed by atoms with van der Waals surface area (Å²) in [5.74, 6) is 0.698. The summed E-state index contributed by atoms with van der Waals surface area (Å²) in [6.45, 7) is 13.9. The average molecular weight is 206 g/mol. The van der Waals surface area contributed by atoms with Crippen molar-refractivity contribution in [2.24, 2.45) is 16.7 Å². The zero-order chi connectivity index (χ0) is 11.7. The topological polar surface area (TPSA) is 0 Å². The van der Waals surface area contributed by atoms with Crippen molar-refractivity contribution in [1.29, 1.82) is 0 Å². The Bertz CT molecular complexity index is 276. The van der Waals surface area contributed by atoms with Crippen molar-refractivity contribution in [3.63, 3.8) is 0 Å². The van der Waals surface area contributed by atoms with Gasteiger partial charge in [-0.15, -0.1) is 0 Å². The molecular formula is C15H26. The molecule has 0 aromatic carbocycles. The van der Waals surface area contributed by atoms with E-state index in [9.17, 15) is 0 Å². The number of hydrogen-bond donors (Lipinski definition) is 0. The van der Waals surface area contributed by atoms with E-state index in [0.29, 0.717) is 16.7 Å². The summed E-state index contributed by atoms with van der Waals surface area (Å²) >= 11 is 0. The number of hydrogen-bond acceptors (Lipinski definition) is 0. The lowest BCUT2D eigenvalue weighted by atomic mass is 9.76. The lowest BCUT2D eigenvalue weighted by molar-refractivity contribution is 0.346. The second-order valence-corrected chi connectivity index (χ2v) is 6.15. The average Bonchev–Trinajstić information content (AvgIpc) is 2.40. The molecule has 1 atom stereocenters. The van der Waals surface area contributed by atoms with Crippen LogP contribution in [-0.2, 0) is 0 Å². The Balaban J connectivity index is 2.71. The fraction of sp³-hybridized carbons (Fsp3) is 0.733. The van der Waals surface area contributed by atoms with Gasteiger partial charge in [0.1, 0.15) is 0 Å². The van der Waals surface area contributed by atoms with Crippen LogP contribution in [0, 0.1) is 16.7 Å². The van der Waals surface area contributed by atoms with Crippen molar-refractivity contribution in [2.75, 3.05) is 0 Å². The van der Waals surface area contributed by atoms with Gasteiger partial charge in [0.25, 0.3) is 0 Å². The van der Waals surface area contributed by atoms with Crippen LogP contribution in [0.25, 0.3) is 0 Å². The van der Waals surface area contributed by atoms with Gasteiger partial charge in [-0.05, 0) is 36.5 Å². The quantitative estimate of drug-likeness (QED) is 0.572. The van der Waals surface area contributed by atoms with Crippen LogP contribution in [0.1, 0.15) is 54.4 Å². The molecule has 0 fully saturated rings. The van der Waals surface area contributed by atoms with E-state index in [0.717, 1.165) is 0 Å². The second kappa shape index (κ2) is 4.15. The van der Waals surface area contributed by atoms with Crippen LogP contribution in [0.4, 0.5) is 0 Å². The third-order valence-corrected chi connectivity index (χ3v) is 4.31. The minimum atomic E-state index is 0.354. The van der Waals surface area contributed by atoms with Crippen LogP contribution in [0.15, 0.2) is 23.8 Å². The highest BCUT2D eigenvalue weighted by Gasteiger charge is 2.33. The van der Waals surface area contributed by atoms with E-state index in [4.69, 9.17) is 0 Å². The van der Waals surface area contributed by atoms with Crippen molar-refractivity contribution in [1.82, 2.24) is 0 Å². The Labute approximate surface area is 95.5 Å². The summed E-state index contributed by atoms with van der Waals surface area (Å²) in [6, 6.07) is 0. The molecule has 15 heavy (non-hydrogen) atoms. The molecule has 0 saturated carbocycles. The van der Waals surface area contributed by atoms with Gasteiger partial charge < -0.3 is 0 Å². The molecule has 1 aliphatic carbocycles. The van der Waals surface area contributed by atoms with Crippen LogP contribution in [0.2, 0.25) is 0 Å². The van der Waals surface area contributed by atoms with E-state index >= 15 is 0 Å². The largest absolute Gasteiger partial charge is 0.0844 e. The molecule has 1 unspecified atom stereocenters. The van der Waals surface area contributed by atoms with E-state index in [1.54, 1.807) is 5.57 Å². The molecule has 86 valence electrons. The summed E-state index contributed by atoms with van der Waals surface area (Å²) in [7, 11) is 0. The van der Waals surface area contributed by atoms with Crippen LogP contribution < -0.4 is 0 Å². The highest BCUT2D eigenvalue weighted by Crippen LogP contribution is 2.44. The molecule has 1 aliphatic rings. The molecular weight excluding hydrogens is 180 g/mol. The Morgan fingerprint density at radius 2 is 2.07 bits per heavy atom. The number of rotatable bonds is 3. The molecule has 0 nitrogen and oxygen atoms in total. The predicted molar refractivity (Wildman–Crippen MR) is 68.9 cm³/mol. The SMILES string of the molecule is CCC(C)(C)/C=C/C1CC=C(C)C1(C)C. The Morgan fingerprint density at radius 3 is 2.47 bits per heavy atom. The highest BCUT2D eigenvalue weighted by atomic mass is 14.4. The van der Waals surface area contributed by atoms with Gasteiger partial charge in [-0.3, -0.25) is 0 Å². The van der Waals surface area contributed by atoms with Gasteiger partial charge in [-0.25, -0.2) is 0 Å². The predicted octanol–water partition coefficient (Wildman–Crippen LogP) is 4.97. The Kier molecular flexibility index (Phi) is 3.48. The van der Waals surface area contributed by atoms with E-state index < -0.39 is 0 Å². The fourth-order valence-electron chi connectivity index (χ4n) is 1.97. The van der Waals surface area contributed by atoms with Crippen LogP contribution in [0.5, 0.6) is 0 Å². The van der Waals surface area contributed by atoms with Crippen molar-refractivity contribution in [3.05, 3.63) is 23.8 Å². The molecule has 1 rings (SSSR count). The number of allylic oxidation sites excluding steroid dienone is 4. The highest BCUT2D eigenvalue weighted by molar-refractivity contribution is 5.22. The smallest absolute Gasteiger partial charge is 0.00817 e. The molecule has 0 spiro atoms. The first-order valence-corrected chi connectivity index (χ1v) is 6.16. The van der Waals surface area contributed by atoms with Gasteiger partial charge in [0.05, 0.1) is 0 Å². The van der Waals surface area contributed by atoms with E-state index in [-0.39, 0.29) is 0 Å². The van der Waals surface area contributed by atoms with Crippen LogP contribution in [-0.4, -0.2) is 0 Å². The molecule has 0 amide bonds. The van der Waals surface area contributed by atoms with Gasteiger partial charge in [-0.2, -0.15) is 0 Å². The molecule has 0 saturated heterocycles. The van der Waals surface area contributed by atoms with Crippen molar-refractivity contribution >= 4 is 0 Å². The summed E-state index contributed by atoms with van der Waals surface area (Å²) in [5, 5.41) is 0. The zero-order valence-electron chi connectivity index (χ0n) is 11.2. The molecule has 0 heteroatoms. The molecule has 0 N–H and O–H groups in total. The van der Waals surface area contributed by atoms with Gasteiger partial charge in [0.2, 0.25) is 0 Å². The van der Waals surface area contributed by atoms with Gasteiger partial charge in [0.15, 0.2) is 0 Å². The minimum Gasteiger partial charge on any atom is -0.0844 e. The molecule has 0 heterocycles. The lowest BCUT2D eigenvalue weighted by Crippen LogP contribution is -2.19. The van der Waals surface area contributed by atoms with Crippen molar-refractivity contribution in [2.45, 2.75) is 54.4 Å². The molecule has 0 bridgehead atoms. The van der Waals surface area contributed by atoms with E-state index in [2.05, 4.69) is 59.8 Å². The van der Waals surface area contributed by atoms with Gasteiger partial charge in [0, 0.05) is 0 Å². The van der Waals surface area contributed by atoms with E-state index in [1.807, 2.05) is 0 Å². The summed E-state index contributed by atoms with van der Waals surface area (Å²) < 4.78 is 0. The first-order valence-electron chi connectivity index (χ1n) is 6.16. The summed E-state index contributed by atoms with van der Waals surface area (Å²) in [5.41, 5.74) is 2.26. The Hall–Kier alpha value is -0.520.